The molecule has 2 aromatic rings. The van der Waals surface area contributed by atoms with Gasteiger partial charge in [0.1, 0.15) is 11.2 Å². The van der Waals surface area contributed by atoms with Gasteiger partial charge in [-0.05, 0) is 77.9 Å². The highest BCUT2D eigenvalue weighted by atomic mass is 16.6. The highest BCUT2D eigenvalue weighted by Crippen LogP contribution is 2.27. The summed E-state index contributed by atoms with van der Waals surface area (Å²) in [4.78, 5) is 39.6. The maximum absolute atomic E-state index is 12.0. The fourth-order valence-electron chi connectivity index (χ4n) is 4.32. The molecule has 0 saturated carbocycles. The Kier molecular flexibility index (Phi) is 10.1. The van der Waals surface area contributed by atoms with Crippen LogP contribution in [0.3, 0.4) is 0 Å². The van der Waals surface area contributed by atoms with Crippen molar-refractivity contribution >= 4 is 34.9 Å². The van der Waals surface area contributed by atoms with Crippen molar-refractivity contribution in [3.63, 3.8) is 0 Å². The van der Waals surface area contributed by atoms with Gasteiger partial charge in [0.25, 0.3) is 5.69 Å². The number of carbonyl (C=O) groups excluding carboxylic acids is 2. The molecule has 12 nitrogen and oxygen atoms in total. The minimum absolute atomic E-state index is 0.0756. The number of likely N-dealkylation sites (N-methyl/N-ethyl adjacent to an activating group) is 1. The Morgan fingerprint density at radius 3 is 1.86 bits per heavy atom. The molecule has 4 rings (SSSR count). The number of nitrogen functional groups attached to an aromatic ring is 1. The first-order valence-corrected chi connectivity index (χ1v) is 14.0. The zero-order chi connectivity index (χ0) is 31.2. The monoisotopic (exact) mass is 584 g/mol. The number of nitro benzene ring substituents is 1. The first-order chi connectivity index (χ1) is 19.5. The summed E-state index contributed by atoms with van der Waals surface area (Å²) in [5, 5.41) is 13.4. The number of carbonyl (C=O) groups is 2. The van der Waals surface area contributed by atoms with E-state index in [2.05, 4.69) is 15.1 Å². The molecule has 0 radical (unpaired) electrons. The summed E-state index contributed by atoms with van der Waals surface area (Å²) in [6.07, 6.45) is -0.677. The van der Waals surface area contributed by atoms with Gasteiger partial charge in [-0.3, -0.25) is 10.1 Å². The number of rotatable bonds is 6. The molecule has 2 saturated heterocycles. The van der Waals surface area contributed by atoms with Crippen molar-refractivity contribution in [2.45, 2.75) is 58.8 Å². The summed E-state index contributed by atoms with van der Waals surface area (Å²) in [6, 6.07) is 14.4. The number of ether oxygens (including phenoxy) is 2. The first-order valence-electron chi connectivity index (χ1n) is 14.0. The van der Waals surface area contributed by atoms with Crippen molar-refractivity contribution in [1.29, 1.82) is 0 Å². The van der Waals surface area contributed by atoms with E-state index in [1.807, 2.05) is 65.8 Å². The number of anilines is 3. The first kappa shape index (κ1) is 32.3. The van der Waals surface area contributed by atoms with Crippen molar-refractivity contribution in [3.8, 4) is 0 Å². The molecule has 2 aliphatic rings. The van der Waals surface area contributed by atoms with Crippen LogP contribution in [0.1, 0.15) is 41.5 Å². The number of nitrogens with two attached hydrogens (primary N) is 1. The molecule has 0 aliphatic carbocycles. The maximum Gasteiger partial charge on any atom is 0.410 e. The van der Waals surface area contributed by atoms with Crippen LogP contribution in [-0.4, -0.2) is 79.0 Å². The van der Waals surface area contributed by atoms with Gasteiger partial charge in [0.2, 0.25) is 0 Å². The van der Waals surface area contributed by atoms with Gasteiger partial charge in [-0.25, -0.2) is 9.59 Å². The summed E-state index contributed by atoms with van der Waals surface area (Å²) >= 11 is 0. The number of nitrogens with zero attached hydrogens (tertiary/aromatic N) is 4. The van der Waals surface area contributed by atoms with Crippen molar-refractivity contribution in [3.05, 3.63) is 58.6 Å². The Hall–Kier alpha value is -4.22. The van der Waals surface area contributed by atoms with E-state index < -0.39 is 16.1 Å². The van der Waals surface area contributed by atoms with E-state index in [9.17, 15) is 19.7 Å². The highest BCUT2D eigenvalue weighted by Gasteiger charge is 2.34. The zero-order valence-corrected chi connectivity index (χ0v) is 25.6. The number of non-ortho nitro benzene ring substituents is 1. The number of benzene rings is 2. The number of hydrogen-bond donors (Lipinski definition) is 2. The molecule has 2 amide bonds. The van der Waals surface area contributed by atoms with E-state index in [-0.39, 0.29) is 23.9 Å². The summed E-state index contributed by atoms with van der Waals surface area (Å²) in [7, 11) is 1.73. The molecule has 12 heteroatoms. The van der Waals surface area contributed by atoms with E-state index in [4.69, 9.17) is 15.2 Å². The molecular formula is C30H44N6O6. The van der Waals surface area contributed by atoms with Crippen LogP contribution in [0.2, 0.25) is 0 Å². The molecule has 42 heavy (non-hydrogen) atoms. The Labute approximate surface area is 247 Å². The Bertz CT molecular complexity index is 1210. The van der Waals surface area contributed by atoms with Gasteiger partial charge in [0.05, 0.1) is 11.0 Å². The lowest BCUT2D eigenvalue weighted by atomic mass is 9.99. The van der Waals surface area contributed by atoms with Crippen LogP contribution in [0.25, 0.3) is 0 Å². The fourth-order valence-corrected chi connectivity index (χ4v) is 4.32. The quantitative estimate of drug-likeness (QED) is 0.276. The van der Waals surface area contributed by atoms with Crippen LogP contribution in [-0.2, 0) is 9.47 Å². The van der Waals surface area contributed by atoms with Gasteiger partial charge in [-0.2, -0.15) is 0 Å². The average Bonchev–Trinajstić information content (AvgIpc) is 2.81. The number of nitrogens with one attached hydrogen (secondary N) is 1. The number of hydrogen-bond acceptors (Lipinski definition) is 9. The fraction of sp³-hybridized carbons (Fsp3) is 0.533. The molecule has 2 aromatic carbocycles. The molecule has 0 atom stereocenters. The highest BCUT2D eigenvalue weighted by molar-refractivity contribution is 5.69. The Balaban J connectivity index is 0.000000231. The van der Waals surface area contributed by atoms with E-state index in [0.717, 1.165) is 24.5 Å². The van der Waals surface area contributed by atoms with Crippen molar-refractivity contribution in [1.82, 2.24) is 10.2 Å². The predicted octanol–water partition coefficient (Wildman–Crippen LogP) is 4.88. The molecule has 2 fully saturated rings. The second-order valence-corrected chi connectivity index (χ2v) is 12.7. The van der Waals surface area contributed by atoms with Crippen LogP contribution in [0.4, 0.5) is 32.3 Å². The molecule has 0 spiro atoms. The van der Waals surface area contributed by atoms with E-state index >= 15 is 0 Å². The summed E-state index contributed by atoms with van der Waals surface area (Å²) in [5.41, 5.74) is 7.65. The lowest BCUT2D eigenvalue weighted by Gasteiger charge is -2.45. The van der Waals surface area contributed by atoms with Crippen LogP contribution in [0, 0.1) is 16.0 Å². The SMILES string of the molecule is CC(C)(C)OC(=O)NCC1CN(c2ccc(N)cc2)C1.CN(C(=O)OC(C)(C)C)C1CN(c2ccc([N+](=O)[O-])cc2)C1. The van der Waals surface area contributed by atoms with Gasteiger partial charge in [-0.15, -0.1) is 0 Å². The largest absolute Gasteiger partial charge is 0.444 e. The van der Waals surface area contributed by atoms with Gasteiger partial charge in [-0.1, -0.05) is 0 Å². The third-order valence-electron chi connectivity index (χ3n) is 6.67. The van der Waals surface area contributed by atoms with Gasteiger partial charge in [0, 0.05) is 74.9 Å². The second kappa shape index (κ2) is 13.2. The van der Waals surface area contributed by atoms with Gasteiger partial charge < -0.3 is 35.2 Å². The predicted molar refractivity (Wildman–Crippen MR) is 164 cm³/mol. The lowest BCUT2D eigenvalue weighted by Crippen LogP contribution is -2.60. The minimum atomic E-state index is -0.507. The molecule has 2 heterocycles. The topological polar surface area (TPSA) is 144 Å². The Morgan fingerprint density at radius 2 is 1.38 bits per heavy atom. The van der Waals surface area contributed by atoms with E-state index in [0.29, 0.717) is 25.6 Å². The van der Waals surface area contributed by atoms with Gasteiger partial charge >= 0.3 is 12.2 Å². The van der Waals surface area contributed by atoms with Crippen molar-refractivity contribution in [2.24, 2.45) is 5.92 Å². The smallest absolute Gasteiger partial charge is 0.410 e. The second-order valence-electron chi connectivity index (χ2n) is 12.7. The maximum atomic E-state index is 12.0. The molecule has 0 unspecified atom stereocenters. The summed E-state index contributed by atoms with van der Waals surface area (Å²) < 4.78 is 10.5. The van der Waals surface area contributed by atoms with Crippen molar-refractivity contribution in [2.75, 3.05) is 55.3 Å². The van der Waals surface area contributed by atoms with Crippen LogP contribution >= 0.6 is 0 Å². The molecule has 0 bridgehead atoms. The number of nitro groups is 1. The normalized spacial score (nSPS) is 15.4. The molecule has 230 valence electrons. The third-order valence-corrected chi connectivity index (χ3v) is 6.67. The van der Waals surface area contributed by atoms with Crippen LogP contribution < -0.4 is 20.9 Å². The van der Waals surface area contributed by atoms with Crippen LogP contribution in [0.15, 0.2) is 48.5 Å². The molecule has 3 N–H and O–H groups in total. The number of alkyl carbamates (subject to hydrolysis) is 1. The standard InChI is InChI=1S/C15H21N3O4.C15H23N3O2/c1-15(2,3)22-14(19)16(4)13-9-17(10-13)11-5-7-12(8-6-11)18(20)21;1-15(2,3)20-14(19)17-8-11-9-18(10-11)13-6-4-12(16)5-7-13/h5-8,13H,9-10H2,1-4H3;4-7,11H,8-10,16H2,1-3H3,(H,17,19). The average molecular weight is 585 g/mol. The molecule has 0 aromatic heterocycles. The molecule has 2 aliphatic heterocycles. The molecular weight excluding hydrogens is 540 g/mol. The van der Waals surface area contributed by atoms with Crippen LogP contribution in [0.5, 0.6) is 0 Å². The van der Waals surface area contributed by atoms with Crippen molar-refractivity contribution < 1.29 is 24.0 Å². The lowest BCUT2D eigenvalue weighted by molar-refractivity contribution is -0.384. The van der Waals surface area contributed by atoms with E-state index in [1.54, 1.807) is 24.1 Å². The summed E-state index contributed by atoms with van der Waals surface area (Å²) in [6.45, 7) is 15.0. The van der Waals surface area contributed by atoms with E-state index in [1.165, 1.54) is 17.8 Å². The third kappa shape index (κ3) is 9.71. The minimum Gasteiger partial charge on any atom is -0.444 e. The summed E-state index contributed by atoms with van der Waals surface area (Å²) in [5.74, 6) is 0.472. The van der Waals surface area contributed by atoms with Gasteiger partial charge in [0.15, 0.2) is 0 Å². The Morgan fingerprint density at radius 1 is 0.905 bits per heavy atom. The zero-order valence-electron chi connectivity index (χ0n) is 25.6. The number of amides is 2.